The van der Waals surface area contributed by atoms with Gasteiger partial charge in [0.05, 0.1) is 11.2 Å². The van der Waals surface area contributed by atoms with Gasteiger partial charge in [-0.15, -0.1) is 0 Å². The lowest BCUT2D eigenvalue weighted by Gasteiger charge is -2.25. The number of amides is 1. The minimum atomic E-state index is -0.822. The number of anilines is 1. The van der Waals surface area contributed by atoms with Crippen molar-refractivity contribution in [1.29, 1.82) is 0 Å². The van der Waals surface area contributed by atoms with Crippen LogP contribution in [-0.2, 0) is 9.53 Å². The summed E-state index contributed by atoms with van der Waals surface area (Å²) in [6.07, 6.45) is 2.32. The molecular formula is C15H18N2O2. The Kier molecular flexibility index (Phi) is 3.81. The average molecular weight is 258 g/mol. The Hall–Kier alpha value is -1.94. The van der Waals surface area contributed by atoms with Crippen LogP contribution in [0.2, 0.25) is 0 Å². The molecule has 0 saturated heterocycles. The lowest BCUT2D eigenvalue weighted by atomic mass is 10.0. The highest BCUT2D eigenvalue weighted by Gasteiger charge is 2.31. The first-order valence-electron chi connectivity index (χ1n) is 6.31. The van der Waals surface area contributed by atoms with E-state index in [4.69, 9.17) is 4.74 Å². The molecule has 0 bridgehead atoms. The molecule has 0 saturated carbocycles. The maximum Gasteiger partial charge on any atom is 0.256 e. The Bertz CT molecular complexity index is 586. The fourth-order valence-corrected chi connectivity index (χ4v) is 1.86. The van der Waals surface area contributed by atoms with E-state index < -0.39 is 5.60 Å². The van der Waals surface area contributed by atoms with Crippen LogP contribution in [0.5, 0.6) is 0 Å². The normalized spacial score (nSPS) is 14.1. The van der Waals surface area contributed by atoms with Gasteiger partial charge in [-0.05, 0) is 25.5 Å². The molecule has 1 atom stereocenters. The summed E-state index contributed by atoms with van der Waals surface area (Å²) in [7, 11) is 1.55. The highest BCUT2D eigenvalue weighted by molar-refractivity contribution is 6.03. The molecule has 1 amide bonds. The molecule has 0 aliphatic rings. The quantitative estimate of drug-likeness (QED) is 0.917. The van der Waals surface area contributed by atoms with Gasteiger partial charge in [0.15, 0.2) is 0 Å². The molecule has 1 aromatic carbocycles. The summed E-state index contributed by atoms with van der Waals surface area (Å²) in [5.41, 5.74) is 0.671. The number of nitrogens with one attached hydrogen (secondary N) is 1. The molecule has 0 radical (unpaired) electrons. The van der Waals surface area contributed by atoms with Gasteiger partial charge in [0, 0.05) is 18.7 Å². The number of carbonyl (C=O) groups is 1. The average Bonchev–Trinajstić information content (AvgIpc) is 2.46. The molecule has 19 heavy (non-hydrogen) atoms. The number of hydrogen-bond donors (Lipinski definition) is 1. The summed E-state index contributed by atoms with van der Waals surface area (Å²) in [6.45, 7) is 3.70. The molecule has 2 rings (SSSR count). The molecule has 4 nitrogen and oxygen atoms in total. The van der Waals surface area contributed by atoms with E-state index in [1.165, 1.54) is 0 Å². The van der Waals surface area contributed by atoms with Gasteiger partial charge < -0.3 is 10.1 Å². The zero-order valence-electron chi connectivity index (χ0n) is 11.4. The van der Waals surface area contributed by atoms with Gasteiger partial charge in [-0.2, -0.15) is 0 Å². The van der Waals surface area contributed by atoms with Crippen LogP contribution in [0, 0.1) is 0 Å². The molecule has 0 aliphatic carbocycles. The minimum Gasteiger partial charge on any atom is -0.369 e. The molecule has 100 valence electrons. The second-order valence-electron chi connectivity index (χ2n) is 4.62. The molecule has 0 aliphatic heterocycles. The fraction of sp³-hybridized carbons (Fsp3) is 0.333. The van der Waals surface area contributed by atoms with E-state index in [2.05, 4.69) is 10.3 Å². The van der Waals surface area contributed by atoms with Crippen molar-refractivity contribution in [3.05, 3.63) is 36.5 Å². The number of pyridine rings is 1. The molecule has 1 aromatic heterocycles. The first-order valence-corrected chi connectivity index (χ1v) is 6.31. The highest BCUT2D eigenvalue weighted by atomic mass is 16.5. The number of aromatic nitrogens is 1. The van der Waals surface area contributed by atoms with Crippen LogP contribution >= 0.6 is 0 Å². The van der Waals surface area contributed by atoms with Crippen molar-refractivity contribution in [1.82, 2.24) is 4.98 Å². The van der Waals surface area contributed by atoms with E-state index in [1.54, 1.807) is 20.2 Å². The van der Waals surface area contributed by atoms with Crippen molar-refractivity contribution in [3.8, 4) is 0 Å². The third kappa shape index (κ3) is 2.58. The molecule has 1 unspecified atom stereocenters. The number of para-hydroxylation sites is 1. The van der Waals surface area contributed by atoms with Crippen LogP contribution in [-0.4, -0.2) is 23.6 Å². The summed E-state index contributed by atoms with van der Waals surface area (Å²) < 4.78 is 5.30. The molecule has 1 N–H and O–H groups in total. The lowest BCUT2D eigenvalue weighted by Crippen LogP contribution is -2.41. The van der Waals surface area contributed by atoms with E-state index in [0.717, 1.165) is 10.9 Å². The Balaban J connectivity index is 2.34. The Morgan fingerprint density at radius 1 is 1.37 bits per heavy atom. The van der Waals surface area contributed by atoms with Gasteiger partial charge in [0.25, 0.3) is 5.91 Å². The topological polar surface area (TPSA) is 51.2 Å². The second kappa shape index (κ2) is 5.36. The van der Waals surface area contributed by atoms with Crippen molar-refractivity contribution in [2.45, 2.75) is 25.9 Å². The van der Waals surface area contributed by atoms with Gasteiger partial charge in [-0.3, -0.25) is 9.78 Å². The maximum absolute atomic E-state index is 12.3. The molecule has 0 spiro atoms. The zero-order chi connectivity index (χ0) is 13.9. The minimum absolute atomic E-state index is 0.157. The molecule has 4 heteroatoms. The molecule has 0 fully saturated rings. The monoisotopic (exact) mass is 258 g/mol. The summed E-state index contributed by atoms with van der Waals surface area (Å²) in [5.74, 6) is -0.157. The maximum atomic E-state index is 12.3. The SMILES string of the molecule is CCC(C)(OC)C(=O)Nc1cccc2cccnc12. The number of benzene rings is 1. The van der Waals surface area contributed by atoms with Crippen molar-refractivity contribution in [2.75, 3.05) is 12.4 Å². The van der Waals surface area contributed by atoms with Crippen LogP contribution < -0.4 is 5.32 Å². The summed E-state index contributed by atoms with van der Waals surface area (Å²) in [5, 5.41) is 3.90. The summed E-state index contributed by atoms with van der Waals surface area (Å²) in [6, 6.07) is 9.55. The largest absolute Gasteiger partial charge is 0.369 e. The van der Waals surface area contributed by atoms with Crippen LogP contribution in [0.15, 0.2) is 36.5 Å². The number of rotatable bonds is 4. The third-order valence-electron chi connectivity index (χ3n) is 3.49. The predicted octanol–water partition coefficient (Wildman–Crippen LogP) is 2.99. The van der Waals surface area contributed by atoms with Gasteiger partial charge in [-0.1, -0.05) is 25.1 Å². The van der Waals surface area contributed by atoms with E-state index >= 15 is 0 Å². The van der Waals surface area contributed by atoms with Crippen LogP contribution in [0.4, 0.5) is 5.69 Å². The number of nitrogens with zero attached hydrogens (tertiary/aromatic N) is 1. The first kappa shape index (κ1) is 13.5. The molecular weight excluding hydrogens is 240 g/mol. The van der Waals surface area contributed by atoms with Gasteiger partial charge in [0.1, 0.15) is 5.60 Å². The predicted molar refractivity (Wildman–Crippen MR) is 76.1 cm³/mol. The van der Waals surface area contributed by atoms with Crippen LogP contribution in [0.3, 0.4) is 0 Å². The van der Waals surface area contributed by atoms with Crippen molar-refractivity contribution in [3.63, 3.8) is 0 Å². The van der Waals surface area contributed by atoms with E-state index in [1.807, 2.05) is 37.3 Å². The molecule has 2 aromatic rings. The second-order valence-corrected chi connectivity index (χ2v) is 4.62. The Morgan fingerprint density at radius 3 is 2.79 bits per heavy atom. The summed E-state index contributed by atoms with van der Waals surface area (Å²) in [4.78, 5) is 16.6. The number of methoxy groups -OCH3 is 1. The fourth-order valence-electron chi connectivity index (χ4n) is 1.86. The molecule has 1 heterocycles. The van der Waals surface area contributed by atoms with E-state index in [9.17, 15) is 4.79 Å². The van der Waals surface area contributed by atoms with Crippen molar-refractivity contribution >= 4 is 22.5 Å². The highest BCUT2D eigenvalue weighted by Crippen LogP contribution is 2.23. The number of ether oxygens (including phenoxy) is 1. The van der Waals surface area contributed by atoms with Gasteiger partial charge in [0.2, 0.25) is 0 Å². The Morgan fingerprint density at radius 2 is 2.11 bits per heavy atom. The standard InChI is InChI=1S/C15H18N2O2/c1-4-15(2,19-3)14(18)17-12-9-5-7-11-8-6-10-16-13(11)12/h5-10H,4H2,1-3H3,(H,17,18). The lowest BCUT2D eigenvalue weighted by molar-refractivity contribution is -0.136. The van der Waals surface area contributed by atoms with E-state index in [-0.39, 0.29) is 5.91 Å². The Labute approximate surface area is 112 Å². The third-order valence-corrected chi connectivity index (χ3v) is 3.49. The van der Waals surface area contributed by atoms with Gasteiger partial charge in [-0.25, -0.2) is 0 Å². The smallest absolute Gasteiger partial charge is 0.256 e. The van der Waals surface area contributed by atoms with Crippen LogP contribution in [0.1, 0.15) is 20.3 Å². The first-order chi connectivity index (χ1) is 9.10. The van der Waals surface area contributed by atoms with Crippen molar-refractivity contribution < 1.29 is 9.53 Å². The number of hydrogen-bond acceptors (Lipinski definition) is 3. The summed E-state index contributed by atoms with van der Waals surface area (Å²) >= 11 is 0. The number of fused-ring (bicyclic) bond motifs is 1. The van der Waals surface area contributed by atoms with Crippen molar-refractivity contribution in [2.24, 2.45) is 0 Å². The van der Waals surface area contributed by atoms with E-state index in [0.29, 0.717) is 12.1 Å². The number of carbonyl (C=O) groups excluding carboxylic acids is 1. The van der Waals surface area contributed by atoms with Gasteiger partial charge >= 0.3 is 0 Å². The van der Waals surface area contributed by atoms with Crippen LogP contribution in [0.25, 0.3) is 10.9 Å². The zero-order valence-corrected chi connectivity index (χ0v) is 11.4.